The van der Waals surface area contributed by atoms with Gasteiger partial charge in [0, 0.05) is 12.0 Å². The van der Waals surface area contributed by atoms with Crippen LogP contribution in [0.4, 0.5) is 0 Å². The van der Waals surface area contributed by atoms with Crippen molar-refractivity contribution in [2.75, 3.05) is 0 Å². The number of carbonyl (C=O) groups is 1. The molecule has 1 aromatic carbocycles. The van der Waals surface area contributed by atoms with Gasteiger partial charge in [-0.25, -0.2) is 0 Å². The van der Waals surface area contributed by atoms with Crippen LogP contribution >= 0.6 is 12.4 Å². The third-order valence-electron chi connectivity index (χ3n) is 4.01. The van der Waals surface area contributed by atoms with Gasteiger partial charge >= 0.3 is 0 Å². The summed E-state index contributed by atoms with van der Waals surface area (Å²) in [5.41, 5.74) is 7.14. The summed E-state index contributed by atoms with van der Waals surface area (Å²) in [4.78, 5) is 12.3. The Morgan fingerprint density at radius 1 is 1.35 bits per heavy atom. The molecule has 0 aliphatic heterocycles. The highest BCUT2D eigenvalue weighted by Crippen LogP contribution is 2.25. The standard InChI is InChI=1S/C16H24N2O.ClH/c1-2-15(12-7-4-3-5-8-12)18-16(19)13-9-6-10-14(17)11-13;/h3-5,7-8,13-15H,2,6,9-11,17H2,1H3,(H,18,19);1H. The molecule has 3 N–H and O–H groups in total. The summed E-state index contributed by atoms with van der Waals surface area (Å²) >= 11 is 0. The molecule has 0 aromatic heterocycles. The average molecular weight is 297 g/mol. The first-order chi connectivity index (χ1) is 9.20. The Morgan fingerprint density at radius 2 is 2.05 bits per heavy atom. The Balaban J connectivity index is 0.00000200. The second kappa shape index (κ2) is 8.28. The highest BCUT2D eigenvalue weighted by molar-refractivity contribution is 5.85. The van der Waals surface area contributed by atoms with E-state index in [0.717, 1.165) is 32.1 Å². The number of hydrogen-bond acceptors (Lipinski definition) is 2. The Hall–Kier alpha value is -1.06. The fraction of sp³-hybridized carbons (Fsp3) is 0.562. The van der Waals surface area contributed by atoms with Crippen LogP contribution in [0.1, 0.15) is 50.6 Å². The van der Waals surface area contributed by atoms with Gasteiger partial charge in [0.05, 0.1) is 6.04 Å². The second-order valence-electron chi connectivity index (χ2n) is 5.50. The van der Waals surface area contributed by atoms with Crippen molar-refractivity contribution in [3.05, 3.63) is 35.9 Å². The molecule has 0 radical (unpaired) electrons. The molecule has 112 valence electrons. The Labute approximate surface area is 127 Å². The fourth-order valence-electron chi connectivity index (χ4n) is 2.86. The van der Waals surface area contributed by atoms with Gasteiger partial charge in [0.2, 0.25) is 5.91 Å². The molecule has 0 saturated heterocycles. The molecule has 20 heavy (non-hydrogen) atoms. The van der Waals surface area contributed by atoms with Crippen molar-refractivity contribution in [1.29, 1.82) is 0 Å². The normalized spacial score (nSPS) is 23.5. The largest absolute Gasteiger partial charge is 0.349 e. The van der Waals surface area contributed by atoms with Crippen molar-refractivity contribution < 1.29 is 4.79 Å². The topological polar surface area (TPSA) is 55.1 Å². The second-order valence-corrected chi connectivity index (χ2v) is 5.50. The summed E-state index contributed by atoms with van der Waals surface area (Å²) in [6.45, 7) is 2.10. The van der Waals surface area contributed by atoms with Gasteiger partial charge in [-0.15, -0.1) is 12.4 Å². The lowest BCUT2D eigenvalue weighted by Gasteiger charge is -2.27. The van der Waals surface area contributed by atoms with E-state index in [-0.39, 0.29) is 36.3 Å². The number of halogens is 1. The number of amides is 1. The maximum Gasteiger partial charge on any atom is 0.223 e. The minimum absolute atomic E-state index is 0. The molecule has 1 amide bonds. The summed E-state index contributed by atoms with van der Waals surface area (Å²) in [5.74, 6) is 0.271. The molecule has 1 aromatic rings. The molecule has 1 aliphatic carbocycles. The summed E-state index contributed by atoms with van der Waals surface area (Å²) < 4.78 is 0. The van der Waals surface area contributed by atoms with E-state index in [2.05, 4.69) is 24.4 Å². The van der Waals surface area contributed by atoms with E-state index >= 15 is 0 Å². The average Bonchev–Trinajstić information content (AvgIpc) is 2.45. The van der Waals surface area contributed by atoms with E-state index in [1.165, 1.54) is 5.56 Å². The minimum Gasteiger partial charge on any atom is -0.349 e. The number of carbonyl (C=O) groups excluding carboxylic acids is 1. The number of nitrogens with one attached hydrogen (secondary N) is 1. The summed E-state index contributed by atoms with van der Waals surface area (Å²) in [5, 5.41) is 3.18. The summed E-state index contributed by atoms with van der Waals surface area (Å²) in [7, 11) is 0. The van der Waals surface area contributed by atoms with E-state index in [1.807, 2.05) is 18.2 Å². The molecule has 4 heteroatoms. The maximum atomic E-state index is 12.3. The predicted molar refractivity (Wildman–Crippen MR) is 84.8 cm³/mol. The van der Waals surface area contributed by atoms with Crippen molar-refractivity contribution in [3.63, 3.8) is 0 Å². The number of benzene rings is 1. The maximum absolute atomic E-state index is 12.3. The van der Waals surface area contributed by atoms with Crippen molar-refractivity contribution in [2.45, 2.75) is 51.1 Å². The highest BCUT2D eigenvalue weighted by atomic mass is 35.5. The van der Waals surface area contributed by atoms with E-state index in [1.54, 1.807) is 0 Å². The number of nitrogens with two attached hydrogens (primary N) is 1. The molecule has 1 fully saturated rings. The van der Waals surface area contributed by atoms with Crippen LogP contribution in [0.25, 0.3) is 0 Å². The van der Waals surface area contributed by atoms with Gasteiger partial charge in [-0.2, -0.15) is 0 Å². The van der Waals surface area contributed by atoms with Crippen LogP contribution < -0.4 is 11.1 Å². The van der Waals surface area contributed by atoms with Crippen LogP contribution in [0.2, 0.25) is 0 Å². The lowest BCUT2D eigenvalue weighted by Crippen LogP contribution is -2.39. The van der Waals surface area contributed by atoms with Gasteiger partial charge < -0.3 is 11.1 Å². The highest BCUT2D eigenvalue weighted by Gasteiger charge is 2.26. The fourth-order valence-corrected chi connectivity index (χ4v) is 2.86. The monoisotopic (exact) mass is 296 g/mol. The van der Waals surface area contributed by atoms with E-state index in [4.69, 9.17) is 5.73 Å². The molecule has 0 bridgehead atoms. The van der Waals surface area contributed by atoms with Crippen LogP contribution in [0, 0.1) is 5.92 Å². The third-order valence-corrected chi connectivity index (χ3v) is 4.01. The minimum atomic E-state index is 0. The first-order valence-corrected chi connectivity index (χ1v) is 7.31. The van der Waals surface area contributed by atoms with Crippen LogP contribution in [0.15, 0.2) is 30.3 Å². The Bertz CT molecular complexity index is 410. The van der Waals surface area contributed by atoms with Crippen LogP contribution in [-0.2, 0) is 4.79 Å². The van der Waals surface area contributed by atoms with E-state index in [0.29, 0.717) is 0 Å². The first kappa shape index (κ1) is 17.0. The zero-order valence-electron chi connectivity index (χ0n) is 12.0. The molecule has 0 heterocycles. The van der Waals surface area contributed by atoms with Gasteiger partial charge in [0.15, 0.2) is 0 Å². The molecule has 0 spiro atoms. The van der Waals surface area contributed by atoms with Gasteiger partial charge in [-0.05, 0) is 31.2 Å². The molecule has 1 saturated carbocycles. The molecule has 3 nitrogen and oxygen atoms in total. The zero-order valence-corrected chi connectivity index (χ0v) is 12.9. The zero-order chi connectivity index (χ0) is 13.7. The Kier molecular flexibility index (Phi) is 7.03. The summed E-state index contributed by atoms with van der Waals surface area (Å²) in [6.07, 6.45) is 4.84. The van der Waals surface area contributed by atoms with Gasteiger partial charge in [-0.3, -0.25) is 4.79 Å². The van der Waals surface area contributed by atoms with E-state index in [9.17, 15) is 4.79 Å². The van der Waals surface area contributed by atoms with Crippen LogP contribution in [0.5, 0.6) is 0 Å². The van der Waals surface area contributed by atoms with Crippen molar-refractivity contribution in [1.82, 2.24) is 5.32 Å². The first-order valence-electron chi connectivity index (χ1n) is 7.31. The van der Waals surface area contributed by atoms with Gasteiger partial charge in [0.25, 0.3) is 0 Å². The molecule has 3 atom stereocenters. The van der Waals surface area contributed by atoms with Gasteiger partial charge in [-0.1, -0.05) is 43.7 Å². The van der Waals surface area contributed by atoms with Crippen molar-refractivity contribution in [3.8, 4) is 0 Å². The SMILES string of the molecule is CCC(NC(=O)C1CCCC(N)C1)c1ccccc1.Cl. The van der Waals surface area contributed by atoms with Crippen LogP contribution in [0.3, 0.4) is 0 Å². The Morgan fingerprint density at radius 3 is 2.65 bits per heavy atom. The molecule has 2 rings (SSSR count). The number of hydrogen-bond donors (Lipinski definition) is 2. The van der Waals surface area contributed by atoms with E-state index < -0.39 is 0 Å². The van der Waals surface area contributed by atoms with Crippen LogP contribution in [-0.4, -0.2) is 11.9 Å². The quantitative estimate of drug-likeness (QED) is 0.896. The lowest BCUT2D eigenvalue weighted by molar-refractivity contribution is -0.126. The summed E-state index contributed by atoms with van der Waals surface area (Å²) in [6, 6.07) is 10.5. The molecule has 3 unspecified atom stereocenters. The third kappa shape index (κ3) is 4.50. The predicted octanol–water partition coefficient (Wildman–Crippen LogP) is 3.19. The molecule has 1 aliphatic rings. The molecular weight excluding hydrogens is 272 g/mol. The van der Waals surface area contributed by atoms with Crippen molar-refractivity contribution in [2.24, 2.45) is 11.7 Å². The molecular formula is C16H25ClN2O. The number of rotatable bonds is 4. The lowest BCUT2D eigenvalue weighted by atomic mass is 9.85. The van der Waals surface area contributed by atoms with Crippen molar-refractivity contribution >= 4 is 18.3 Å². The van der Waals surface area contributed by atoms with Gasteiger partial charge in [0.1, 0.15) is 0 Å². The smallest absolute Gasteiger partial charge is 0.223 e.